The fourth-order valence-electron chi connectivity index (χ4n) is 3.76. The van der Waals surface area contributed by atoms with Crippen molar-refractivity contribution in [3.63, 3.8) is 0 Å². The number of thioether (sulfide) groups is 1. The number of carbonyl (C=O) groups is 1. The Kier molecular flexibility index (Phi) is 10.1. The molecule has 2 heterocycles. The molecule has 0 radical (unpaired) electrons. The number of benzene rings is 2. The number of ether oxygens (including phenoxy) is 1. The van der Waals surface area contributed by atoms with Crippen molar-refractivity contribution >= 4 is 42.9 Å². The molecule has 0 amide bonds. The standard InChI is InChI=1S/C25H26ClF2N4O7PS/c1-14(24(34)37-12-15-5-3-2-4-6-15)31-40(36,39-16-7-8-17(26)18(27)11-16)38-13-19-22(33)21(28)23(41-19)32-10-9-20(29)30-25(32)35/h2-11,14,19,21-23,33H,12-13H2,1H3,(H,31,36)(H2,29,30,35)/t14-,19+,21-,22+,23+,40?/m0/s1. The van der Waals surface area contributed by atoms with Gasteiger partial charge in [0.15, 0.2) is 6.17 Å². The molecule has 0 saturated carbocycles. The molecule has 0 aliphatic carbocycles. The maximum absolute atomic E-state index is 15.0. The Morgan fingerprint density at radius 3 is 2.71 bits per heavy atom. The molecule has 2 aromatic carbocycles. The predicted octanol–water partition coefficient (Wildman–Crippen LogP) is 3.86. The number of nitrogens with zero attached hydrogens (tertiary/aromatic N) is 2. The Hall–Kier alpha value is -3.00. The van der Waals surface area contributed by atoms with Gasteiger partial charge in [-0.05, 0) is 30.7 Å². The third kappa shape index (κ3) is 7.85. The highest BCUT2D eigenvalue weighted by Gasteiger charge is 2.46. The third-order valence-corrected chi connectivity index (χ3v) is 9.35. The maximum atomic E-state index is 15.0. The molecule has 6 atom stereocenters. The summed E-state index contributed by atoms with van der Waals surface area (Å²) in [5.74, 6) is -1.95. The number of nitrogens with one attached hydrogen (secondary N) is 1. The first-order valence-electron chi connectivity index (χ1n) is 12.2. The number of hydrogen-bond donors (Lipinski definition) is 3. The average Bonchev–Trinajstić information content (AvgIpc) is 3.21. The summed E-state index contributed by atoms with van der Waals surface area (Å²) in [6.07, 6.45) is -2.30. The van der Waals surface area contributed by atoms with Crippen LogP contribution in [0.5, 0.6) is 5.75 Å². The number of rotatable bonds is 11. The monoisotopic (exact) mass is 630 g/mol. The number of nitrogen functional groups attached to an aromatic ring is 1. The van der Waals surface area contributed by atoms with Crippen LogP contribution in [0, 0.1) is 5.82 Å². The summed E-state index contributed by atoms with van der Waals surface area (Å²) in [7, 11) is -4.49. The zero-order chi connectivity index (χ0) is 29.7. The summed E-state index contributed by atoms with van der Waals surface area (Å²) in [4.78, 5) is 28.4. The van der Waals surface area contributed by atoms with Gasteiger partial charge < -0.3 is 20.1 Å². The van der Waals surface area contributed by atoms with Crippen LogP contribution >= 0.6 is 31.1 Å². The molecular weight excluding hydrogens is 605 g/mol. The number of anilines is 1. The molecule has 16 heteroatoms. The first kappa shape index (κ1) is 30.9. The molecule has 3 aromatic rings. The van der Waals surface area contributed by atoms with Crippen molar-refractivity contribution in [2.24, 2.45) is 0 Å². The topological polar surface area (TPSA) is 155 Å². The van der Waals surface area contributed by atoms with E-state index in [9.17, 15) is 23.7 Å². The zero-order valence-corrected chi connectivity index (χ0v) is 23.9. The lowest BCUT2D eigenvalue weighted by molar-refractivity contribution is -0.146. The minimum Gasteiger partial charge on any atom is -0.460 e. The van der Waals surface area contributed by atoms with Crippen LogP contribution in [-0.2, 0) is 25.2 Å². The van der Waals surface area contributed by atoms with Gasteiger partial charge in [0.05, 0.1) is 16.9 Å². The lowest BCUT2D eigenvalue weighted by Gasteiger charge is -2.24. The molecular formula is C25H26ClF2N4O7PS. The fourth-order valence-corrected chi connectivity index (χ4v) is 6.91. The van der Waals surface area contributed by atoms with Crippen LogP contribution in [0.2, 0.25) is 5.02 Å². The molecule has 4 N–H and O–H groups in total. The number of alkyl halides is 1. The molecule has 0 spiro atoms. The van der Waals surface area contributed by atoms with Crippen molar-refractivity contribution in [3.8, 4) is 5.75 Å². The van der Waals surface area contributed by atoms with Crippen LogP contribution in [0.3, 0.4) is 0 Å². The Labute approximate surface area is 242 Å². The zero-order valence-electron chi connectivity index (χ0n) is 21.4. The Morgan fingerprint density at radius 2 is 2.02 bits per heavy atom. The van der Waals surface area contributed by atoms with Gasteiger partial charge in [0.25, 0.3) is 0 Å². The Bertz CT molecular complexity index is 1490. The molecule has 4 rings (SSSR count). The van der Waals surface area contributed by atoms with Crippen molar-refractivity contribution < 1.29 is 37.0 Å². The minimum absolute atomic E-state index is 0.0516. The number of aliphatic hydroxyl groups is 1. The summed E-state index contributed by atoms with van der Waals surface area (Å²) in [5.41, 5.74) is 5.39. The van der Waals surface area contributed by atoms with E-state index in [0.717, 1.165) is 28.0 Å². The second kappa shape index (κ2) is 13.3. The van der Waals surface area contributed by atoms with Crippen LogP contribution in [0.15, 0.2) is 65.6 Å². The van der Waals surface area contributed by atoms with E-state index in [-0.39, 0.29) is 23.2 Å². The van der Waals surface area contributed by atoms with E-state index < -0.39 is 60.8 Å². The van der Waals surface area contributed by atoms with Gasteiger partial charge in [0, 0.05) is 12.3 Å². The molecule has 41 heavy (non-hydrogen) atoms. The van der Waals surface area contributed by atoms with Crippen LogP contribution in [0.1, 0.15) is 17.9 Å². The van der Waals surface area contributed by atoms with Gasteiger partial charge in [-0.15, -0.1) is 11.8 Å². The van der Waals surface area contributed by atoms with Gasteiger partial charge in [-0.1, -0.05) is 41.9 Å². The number of esters is 1. The molecule has 0 bridgehead atoms. The second-order valence-corrected chi connectivity index (χ2v) is 12.4. The maximum Gasteiger partial charge on any atom is 0.459 e. The van der Waals surface area contributed by atoms with E-state index in [1.165, 1.54) is 31.3 Å². The molecule has 1 aromatic heterocycles. The minimum atomic E-state index is -4.49. The first-order chi connectivity index (χ1) is 19.5. The largest absolute Gasteiger partial charge is 0.460 e. The summed E-state index contributed by atoms with van der Waals surface area (Å²) in [5, 5.41) is 10.5. The van der Waals surface area contributed by atoms with Crippen LogP contribution in [0.25, 0.3) is 0 Å². The SMILES string of the molecule is C[C@H](NP(=O)(OC[C@H]1S[C@@H](n2ccc(N)nc2=O)[C@@H](F)[C@@H]1O)Oc1ccc(Cl)c(F)c1)C(=O)OCc1ccccc1. The molecule has 1 saturated heterocycles. The second-order valence-electron chi connectivity index (χ2n) is 8.95. The van der Waals surface area contributed by atoms with E-state index >= 15 is 4.39 Å². The number of halogens is 3. The van der Waals surface area contributed by atoms with Crippen molar-refractivity contribution in [1.82, 2.24) is 14.6 Å². The van der Waals surface area contributed by atoms with Gasteiger partial charge in [0.1, 0.15) is 41.5 Å². The predicted molar refractivity (Wildman–Crippen MR) is 149 cm³/mol. The molecule has 1 unspecified atom stereocenters. The fraction of sp³-hybridized carbons (Fsp3) is 0.320. The Balaban J connectivity index is 1.48. The highest BCUT2D eigenvalue weighted by molar-refractivity contribution is 8.00. The summed E-state index contributed by atoms with van der Waals surface area (Å²) < 4.78 is 60.0. The summed E-state index contributed by atoms with van der Waals surface area (Å²) in [6.45, 7) is 0.748. The van der Waals surface area contributed by atoms with Gasteiger partial charge in [-0.2, -0.15) is 10.1 Å². The Morgan fingerprint density at radius 1 is 1.29 bits per heavy atom. The van der Waals surface area contributed by atoms with Gasteiger partial charge in [-0.25, -0.2) is 18.1 Å². The smallest absolute Gasteiger partial charge is 0.459 e. The van der Waals surface area contributed by atoms with Gasteiger partial charge in [-0.3, -0.25) is 13.9 Å². The molecule has 220 valence electrons. The van der Waals surface area contributed by atoms with Crippen molar-refractivity contribution in [1.29, 1.82) is 0 Å². The van der Waals surface area contributed by atoms with Crippen molar-refractivity contribution in [3.05, 3.63) is 87.7 Å². The normalized spacial score (nSPS) is 22.6. The first-order valence-corrected chi connectivity index (χ1v) is 15.0. The number of hydrogen-bond acceptors (Lipinski definition) is 10. The van der Waals surface area contributed by atoms with Crippen LogP contribution < -0.4 is 21.0 Å². The van der Waals surface area contributed by atoms with Crippen LogP contribution in [0.4, 0.5) is 14.6 Å². The summed E-state index contributed by atoms with van der Waals surface area (Å²) in [6, 6.07) is 12.2. The van der Waals surface area contributed by atoms with E-state index in [1.54, 1.807) is 30.3 Å². The number of carbonyl (C=O) groups excluding carboxylic acids is 1. The summed E-state index contributed by atoms with van der Waals surface area (Å²) >= 11 is 6.56. The van der Waals surface area contributed by atoms with Gasteiger partial charge in [0.2, 0.25) is 0 Å². The number of aliphatic hydroxyl groups excluding tert-OH is 1. The van der Waals surface area contributed by atoms with Crippen molar-refractivity contribution in [2.45, 2.75) is 42.5 Å². The van der Waals surface area contributed by atoms with Crippen molar-refractivity contribution in [2.75, 3.05) is 12.3 Å². The highest BCUT2D eigenvalue weighted by atomic mass is 35.5. The number of aromatic nitrogens is 2. The highest BCUT2D eigenvalue weighted by Crippen LogP contribution is 2.49. The quantitative estimate of drug-likeness (QED) is 0.209. The van der Waals surface area contributed by atoms with E-state index in [4.69, 9.17) is 31.1 Å². The van der Waals surface area contributed by atoms with E-state index in [2.05, 4.69) is 10.1 Å². The van der Waals surface area contributed by atoms with E-state index in [0.29, 0.717) is 0 Å². The molecule has 1 aliphatic rings. The molecule has 11 nitrogen and oxygen atoms in total. The molecule has 1 fully saturated rings. The average molecular weight is 631 g/mol. The number of nitrogens with two attached hydrogens (primary N) is 1. The third-order valence-electron chi connectivity index (χ3n) is 5.87. The molecule has 1 aliphatic heterocycles. The lowest BCUT2D eigenvalue weighted by atomic mass is 10.1. The van der Waals surface area contributed by atoms with Crippen LogP contribution in [-0.4, -0.2) is 50.8 Å². The lowest BCUT2D eigenvalue weighted by Crippen LogP contribution is -2.36. The van der Waals surface area contributed by atoms with Gasteiger partial charge >= 0.3 is 19.4 Å². The van der Waals surface area contributed by atoms with E-state index in [1.807, 2.05) is 0 Å².